The molecular formula is C16H18FN3O3. The molecule has 1 saturated heterocycles. The van der Waals surface area contributed by atoms with E-state index in [0.717, 1.165) is 0 Å². The molecule has 1 aromatic rings. The number of benzene rings is 1. The number of hydrogen-bond acceptors (Lipinski definition) is 4. The molecular weight excluding hydrogens is 301 g/mol. The smallest absolute Gasteiger partial charge is 0.270 e. The van der Waals surface area contributed by atoms with Gasteiger partial charge in [-0.1, -0.05) is 12.1 Å². The highest BCUT2D eigenvalue weighted by Crippen LogP contribution is 2.33. The maximum Gasteiger partial charge on any atom is 0.270 e. The Hall–Kier alpha value is -2.28. The quantitative estimate of drug-likeness (QED) is 0.886. The lowest BCUT2D eigenvalue weighted by molar-refractivity contribution is -0.130. The van der Waals surface area contributed by atoms with Gasteiger partial charge in [-0.25, -0.2) is 9.40 Å². The van der Waals surface area contributed by atoms with Gasteiger partial charge >= 0.3 is 0 Å². The van der Waals surface area contributed by atoms with Crippen molar-refractivity contribution in [2.45, 2.75) is 31.4 Å². The second kappa shape index (κ2) is 6.08. The fourth-order valence-corrected chi connectivity index (χ4v) is 3.06. The van der Waals surface area contributed by atoms with Crippen molar-refractivity contribution in [3.05, 3.63) is 35.6 Å². The number of hydrazone groups is 1. The Morgan fingerprint density at radius 3 is 2.87 bits per heavy atom. The molecule has 0 radical (unpaired) electrons. The standard InChI is InChI=1S/C16H18FN3O3/c1-19-15(22)6-5-13(18-19)16(23)20-9-12(21)8-14(20)10-3-2-4-11(17)7-10/h2-4,7,12,14,21H,5-6,8-9H2,1H3/t12-,14-/m1/s1. The van der Waals surface area contributed by atoms with E-state index < -0.39 is 6.10 Å². The van der Waals surface area contributed by atoms with E-state index in [4.69, 9.17) is 0 Å². The average molecular weight is 319 g/mol. The lowest BCUT2D eigenvalue weighted by atomic mass is 10.0. The number of aliphatic hydroxyl groups is 1. The molecule has 1 N–H and O–H groups in total. The van der Waals surface area contributed by atoms with Gasteiger partial charge in [-0.3, -0.25) is 9.59 Å². The van der Waals surface area contributed by atoms with Crippen LogP contribution in [0.5, 0.6) is 0 Å². The van der Waals surface area contributed by atoms with Crippen LogP contribution in [0.4, 0.5) is 4.39 Å². The van der Waals surface area contributed by atoms with E-state index >= 15 is 0 Å². The van der Waals surface area contributed by atoms with Crippen molar-refractivity contribution in [1.29, 1.82) is 0 Å². The molecule has 0 saturated carbocycles. The zero-order valence-corrected chi connectivity index (χ0v) is 12.8. The molecule has 2 aliphatic rings. The third-order valence-corrected chi connectivity index (χ3v) is 4.23. The average Bonchev–Trinajstić information content (AvgIpc) is 2.91. The number of rotatable bonds is 2. The number of carbonyl (C=O) groups excluding carboxylic acids is 2. The summed E-state index contributed by atoms with van der Waals surface area (Å²) < 4.78 is 13.5. The second-order valence-corrected chi connectivity index (χ2v) is 5.88. The van der Waals surface area contributed by atoms with Crippen LogP contribution in [0.3, 0.4) is 0 Å². The van der Waals surface area contributed by atoms with Gasteiger partial charge in [-0.2, -0.15) is 5.10 Å². The summed E-state index contributed by atoms with van der Waals surface area (Å²) in [6.45, 7) is 0.177. The van der Waals surface area contributed by atoms with Crippen molar-refractivity contribution < 1.29 is 19.1 Å². The van der Waals surface area contributed by atoms with Gasteiger partial charge in [0.05, 0.1) is 12.1 Å². The molecule has 2 heterocycles. The molecule has 2 amide bonds. The molecule has 0 aromatic heterocycles. The highest BCUT2D eigenvalue weighted by atomic mass is 19.1. The van der Waals surface area contributed by atoms with Gasteiger partial charge in [-0.15, -0.1) is 0 Å². The van der Waals surface area contributed by atoms with Crippen LogP contribution in [-0.2, 0) is 9.59 Å². The predicted octanol–water partition coefficient (Wildman–Crippen LogP) is 1.07. The van der Waals surface area contributed by atoms with Crippen LogP contribution >= 0.6 is 0 Å². The molecule has 2 atom stereocenters. The molecule has 23 heavy (non-hydrogen) atoms. The monoisotopic (exact) mass is 319 g/mol. The second-order valence-electron chi connectivity index (χ2n) is 5.88. The minimum Gasteiger partial charge on any atom is -0.391 e. The van der Waals surface area contributed by atoms with Gasteiger partial charge in [0.25, 0.3) is 5.91 Å². The first kappa shape index (κ1) is 15.6. The van der Waals surface area contributed by atoms with Crippen LogP contribution in [0.25, 0.3) is 0 Å². The Morgan fingerprint density at radius 1 is 1.39 bits per heavy atom. The molecule has 1 aromatic carbocycles. The summed E-state index contributed by atoms with van der Waals surface area (Å²) >= 11 is 0. The Bertz CT molecular complexity index is 676. The van der Waals surface area contributed by atoms with Gasteiger partial charge in [0.15, 0.2) is 0 Å². The zero-order valence-electron chi connectivity index (χ0n) is 12.8. The SMILES string of the molecule is CN1N=C(C(=O)N2C[C@H](O)C[C@@H]2c2cccc(F)c2)CCC1=O. The number of nitrogens with zero attached hydrogens (tertiary/aromatic N) is 3. The molecule has 1 fully saturated rings. The van der Waals surface area contributed by atoms with Crippen LogP contribution in [0.1, 0.15) is 30.9 Å². The van der Waals surface area contributed by atoms with Crippen LogP contribution in [-0.4, -0.2) is 52.2 Å². The van der Waals surface area contributed by atoms with E-state index in [-0.39, 0.29) is 43.1 Å². The number of carbonyl (C=O) groups is 2. The number of β-amino-alcohol motifs (C(OH)–C–C–N with tert-alkyl or cyclic N) is 1. The van der Waals surface area contributed by atoms with Crippen molar-refractivity contribution in [3.63, 3.8) is 0 Å². The van der Waals surface area contributed by atoms with Gasteiger partial charge in [0.1, 0.15) is 11.5 Å². The molecule has 122 valence electrons. The highest BCUT2D eigenvalue weighted by molar-refractivity contribution is 6.39. The number of hydrogen-bond donors (Lipinski definition) is 1. The normalized spacial score (nSPS) is 24.8. The van der Waals surface area contributed by atoms with Crippen LogP contribution in [0, 0.1) is 5.82 Å². The maximum atomic E-state index is 13.5. The maximum absolute atomic E-state index is 13.5. The predicted molar refractivity (Wildman–Crippen MR) is 80.9 cm³/mol. The topological polar surface area (TPSA) is 73.2 Å². The van der Waals surface area contributed by atoms with Crippen LogP contribution in [0.15, 0.2) is 29.4 Å². The first-order chi connectivity index (χ1) is 11.0. The Kier molecular flexibility index (Phi) is 4.12. The first-order valence-corrected chi connectivity index (χ1v) is 7.54. The first-order valence-electron chi connectivity index (χ1n) is 7.54. The fraction of sp³-hybridized carbons (Fsp3) is 0.438. The Morgan fingerprint density at radius 2 is 2.17 bits per heavy atom. The van der Waals surface area contributed by atoms with E-state index in [1.54, 1.807) is 12.1 Å². The zero-order chi connectivity index (χ0) is 16.6. The van der Waals surface area contributed by atoms with Gasteiger partial charge in [0, 0.05) is 26.4 Å². The van der Waals surface area contributed by atoms with E-state index in [1.165, 1.54) is 29.1 Å². The van der Waals surface area contributed by atoms with E-state index in [1.807, 2.05) is 0 Å². The minimum atomic E-state index is -0.657. The molecule has 0 spiro atoms. The van der Waals surface area contributed by atoms with Crippen molar-refractivity contribution in [2.24, 2.45) is 5.10 Å². The Balaban J connectivity index is 1.86. The van der Waals surface area contributed by atoms with Gasteiger partial charge in [-0.05, 0) is 24.1 Å². The van der Waals surface area contributed by atoms with Crippen molar-refractivity contribution in [1.82, 2.24) is 9.91 Å². The molecule has 0 unspecified atom stereocenters. The lowest BCUT2D eigenvalue weighted by Gasteiger charge is -2.27. The fourth-order valence-electron chi connectivity index (χ4n) is 3.06. The van der Waals surface area contributed by atoms with Gasteiger partial charge < -0.3 is 10.0 Å². The molecule has 0 aliphatic carbocycles. The van der Waals surface area contributed by atoms with Crippen LogP contribution in [0.2, 0.25) is 0 Å². The third-order valence-electron chi connectivity index (χ3n) is 4.23. The van der Waals surface area contributed by atoms with Crippen molar-refractivity contribution >= 4 is 17.5 Å². The van der Waals surface area contributed by atoms with Crippen molar-refractivity contribution in [3.8, 4) is 0 Å². The molecule has 3 rings (SSSR count). The highest BCUT2D eigenvalue weighted by Gasteiger charge is 2.38. The number of aliphatic hydroxyl groups excluding tert-OH is 1. The Labute approximate surface area is 133 Å². The van der Waals surface area contributed by atoms with Crippen LogP contribution < -0.4 is 0 Å². The number of likely N-dealkylation sites (tertiary alicyclic amines) is 1. The summed E-state index contributed by atoms with van der Waals surface area (Å²) in [4.78, 5) is 25.7. The molecule has 0 bridgehead atoms. The summed E-state index contributed by atoms with van der Waals surface area (Å²) in [7, 11) is 1.51. The van der Waals surface area contributed by atoms with E-state index in [0.29, 0.717) is 17.7 Å². The summed E-state index contributed by atoms with van der Waals surface area (Å²) in [5, 5.41) is 15.1. The molecule has 2 aliphatic heterocycles. The number of halogens is 1. The van der Waals surface area contributed by atoms with E-state index in [9.17, 15) is 19.1 Å². The summed E-state index contributed by atoms with van der Waals surface area (Å²) in [6.07, 6.45) is 0.222. The molecule has 7 heteroatoms. The van der Waals surface area contributed by atoms with Crippen molar-refractivity contribution in [2.75, 3.05) is 13.6 Å². The van der Waals surface area contributed by atoms with Gasteiger partial charge in [0.2, 0.25) is 5.91 Å². The van der Waals surface area contributed by atoms with E-state index in [2.05, 4.69) is 5.10 Å². The summed E-state index contributed by atoms with van der Waals surface area (Å²) in [6, 6.07) is 5.65. The largest absolute Gasteiger partial charge is 0.391 e. The summed E-state index contributed by atoms with van der Waals surface area (Å²) in [5.41, 5.74) is 0.943. The minimum absolute atomic E-state index is 0.135. The molecule has 6 nitrogen and oxygen atoms in total. The number of amides is 2. The third kappa shape index (κ3) is 3.10. The summed E-state index contributed by atoms with van der Waals surface area (Å²) in [5.74, 6) is -0.823. The lowest BCUT2D eigenvalue weighted by Crippen LogP contribution is -2.40.